The van der Waals surface area contributed by atoms with Gasteiger partial charge in [0.25, 0.3) is 0 Å². The lowest BCUT2D eigenvalue weighted by molar-refractivity contribution is 0.673. The van der Waals surface area contributed by atoms with Gasteiger partial charge >= 0.3 is 0 Å². The second kappa shape index (κ2) is 20.0. The summed E-state index contributed by atoms with van der Waals surface area (Å²) in [6.45, 7) is 0. The van der Waals surface area contributed by atoms with Gasteiger partial charge in [0.05, 0.1) is 0 Å². The van der Waals surface area contributed by atoms with E-state index in [-0.39, 0.29) is 0 Å². The number of hydrogen-bond acceptors (Lipinski definition) is 1. The summed E-state index contributed by atoms with van der Waals surface area (Å²) in [5.41, 5.74) is 16.8. The standard InChI is InChI=1S/C42H26O.C40H26/c1-2-12-27(13-3-1)29-15-10-16-30(26-29)39-32-18-6-8-20-34(32)40(35-21-9-7-19-33(35)39)36-22-11-23-38-41(36)37-25-24-28-14-4-5-17-31(28)42(37)43-38;1-2-13-29-25-32(24-23-27(29)11-1)40-37-20-7-5-18-35(37)39(36-19-6-8-21-38(36)40)31-16-9-15-30(26-31)34-22-10-14-28-12-3-4-17-33(28)34/h1-26H;1-26H. The van der Waals surface area contributed by atoms with Crippen LogP contribution in [0.2, 0.25) is 0 Å². The van der Waals surface area contributed by atoms with Crippen molar-refractivity contribution in [3.63, 3.8) is 0 Å². The maximum Gasteiger partial charge on any atom is 0.143 e. The minimum absolute atomic E-state index is 0.914. The first-order chi connectivity index (χ1) is 41.2. The molecule has 0 bridgehead atoms. The van der Waals surface area contributed by atoms with Gasteiger partial charge in [-0.25, -0.2) is 0 Å². The zero-order valence-corrected chi connectivity index (χ0v) is 45.4. The summed E-state index contributed by atoms with van der Waals surface area (Å²) in [4.78, 5) is 0. The van der Waals surface area contributed by atoms with Crippen molar-refractivity contribution in [2.75, 3.05) is 0 Å². The normalized spacial score (nSPS) is 11.6. The molecule has 1 aromatic heterocycles. The molecule has 16 aromatic carbocycles. The maximum atomic E-state index is 6.60. The van der Waals surface area contributed by atoms with Crippen molar-refractivity contribution in [2.24, 2.45) is 0 Å². The van der Waals surface area contributed by atoms with Crippen molar-refractivity contribution in [1.82, 2.24) is 0 Å². The van der Waals surface area contributed by atoms with E-state index in [2.05, 4.69) is 315 Å². The highest BCUT2D eigenvalue weighted by Crippen LogP contribution is 2.49. The Hall–Kier alpha value is -10.9. The Kier molecular flexibility index (Phi) is 11.6. The van der Waals surface area contributed by atoms with Crippen LogP contribution in [-0.4, -0.2) is 0 Å². The molecule has 17 aromatic rings. The van der Waals surface area contributed by atoms with Gasteiger partial charge in [-0.3, -0.25) is 0 Å². The average molecular weight is 1050 g/mol. The molecule has 0 atom stereocenters. The van der Waals surface area contributed by atoms with E-state index in [9.17, 15) is 0 Å². The van der Waals surface area contributed by atoms with Crippen LogP contribution in [0.25, 0.3) is 164 Å². The van der Waals surface area contributed by atoms with E-state index in [1.54, 1.807) is 0 Å². The molecule has 386 valence electrons. The van der Waals surface area contributed by atoms with E-state index >= 15 is 0 Å². The fourth-order valence-electron chi connectivity index (χ4n) is 13.4. The lowest BCUT2D eigenvalue weighted by Crippen LogP contribution is -1.91. The smallest absolute Gasteiger partial charge is 0.143 e. The van der Waals surface area contributed by atoms with Crippen LogP contribution in [-0.2, 0) is 0 Å². The van der Waals surface area contributed by atoms with Crippen LogP contribution in [0, 0.1) is 0 Å². The molecule has 0 aliphatic rings. The lowest BCUT2D eigenvalue weighted by atomic mass is 9.84. The van der Waals surface area contributed by atoms with Gasteiger partial charge < -0.3 is 4.42 Å². The van der Waals surface area contributed by atoms with Gasteiger partial charge in [-0.1, -0.05) is 285 Å². The molecule has 0 aliphatic heterocycles. The van der Waals surface area contributed by atoms with Crippen LogP contribution in [0.15, 0.2) is 320 Å². The molecule has 0 unspecified atom stereocenters. The molecule has 0 N–H and O–H groups in total. The minimum atomic E-state index is 0.914. The second-order valence-electron chi connectivity index (χ2n) is 21.7. The Balaban J connectivity index is 0.000000137. The molecule has 0 fully saturated rings. The average Bonchev–Trinajstić information content (AvgIpc) is 3.61. The fraction of sp³-hybridized carbons (Fsp3) is 0. The summed E-state index contributed by atoms with van der Waals surface area (Å²) in [6.07, 6.45) is 0. The molecule has 83 heavy (non-hydrogen) atoms. The number of fused-ring (bicyclic) bond motifs is 11. The first-order valence-corrected chi connectivity index (χ1v) is 28.6. The quantitative estimate of drug-likeness (QED) is 0.151. The fourth-order valence-corrected chi connectivity index (χ4v) is 13.4. The molecule has 0 saturated heterocycles. The monoisotopic (exact) mass is 1050 g/mol. The maximum absolute atomic E-state index is 6.60. The minimum Gasteiger partial charge on any atom is -0.455 e. The third-order valence-corrected chi connectivity index (χ3v) is 17.1. The summed E-state index contributed by atoms with van der Waals surface area (Å²) < 4.78 is 6.60. The van der Waals surface area contributed by atoms with Crippen molar-refractivity contribution in [3.8, 4) is 66.8 Å². The third-order valence-electron chi connectivity index (χ3n) is 17.1. The third kappa shape index (κ3) is 8.16. The summed E-state index contributed by atoms with van der Waals surface area (Å²) in [5, 5.41) is 19.8. The number of benzene rings is 16. The van der Waals surface area contributed by atoms with Crippen molar-refractivity contribution in [3.05, 3.63) is 315 Å². The van der Waals surface area contributed by atoms with Crippen molar-refractivity contribution >= 4 is 97.3 Å². The summed E-state index contributed by atoms with van der Waals surface area (Å²) >= 11 is 0. The molecule has 0 saturated carbocycles. The predicted octanol–water partition coefficient (Wildman–Crippen LogP) is 23.3. The van der Waals surface area contributed by atoms with Crippen LogP contribution >= 0.6 is 0 Å². The van der Waals surface area contributed by atoms with Crippen molar-refractivity contribution in [1.29, 1.82) is 0 Å². The van der Waals surface area contributed by atoms with Crippen LogP contribution < -0.4 is 0 Å². The van der Waals surface area contributed by atoms with Crippen LogP contribution in [0.3, 0.4) is 0 Å². The Morgan fingerprint density at radius 3 is 1.17 bits per heavy atom. The SMILES string of the molecule is c1cc(-c2cccc3ccccc23)cc(-c2c3ccccc3c(-c3ccc4ccccc4c3)c3ccccc23)c1.c1ccc(-c2cccc(-c3c4ccccc4c(-c4cccc5oc6c7ccccc7ccc6c45)c4ccccc34)c2)cc1. The van der Waals surface area contributed by atoms with Crippen LogP contribution in [0.5, 0.6) is 0 Å². The first kappa shape index (κ1) is 48.1. The van der Waals surface area contributed by atoms with Crippen molar-refractivity contribution < 1.29 is 4.42 Å². The van der Waals surface area contributed by atoms with Gasteiger partial charge in [-0.2, -0.15) is 0 Å². The van der Waals surface area contributed by atoms with E-state index in [1.165, 1.54) is 137 Å². The highest BCUT2D eigenvalue weighted by atomic mass is 16.3. The van der Waals surface area contributed by atoms with E-state index in [4.69, 9.17) is 4.42 Å². The van der Waals surface area contributed by atoms with Gasteiger partial charge in [0.2, 0.25) is 0 Å². The lowest BCUT2D eigenvalue weighted by Gasteiger charge is -2.18. The van der Waals surface area contributed by atoms with E-state index in [0.717, 1.165) is 27.3 Å². The summed E-state index contributed by atoms with van der Waals surface area (Å²) in [5.74, 6) is 0. The molecule has 0 spiro atoms. The number of furan rings is 1. The summed E-state index contributed by atoms with van der Waals surface area (Å²) in [7, 11) is 0. The van der Waals surface area contributed by atoms with Crippen molar-refractivity contribution in [2.45, 2.75) is 0 Å². The van der Waals surface area contributed by atoms with Gasteiger partial charge in [0.1, 0.15) is 11.2 Å². The van der Waals surface area contributed by atoms with Gasteiger partial charge in [0, 0.05) is 16.2 Å². The first-order valence-electron chi connectivity index (χ1n) is 28.6. The van der Waals surface area contributed by atoms with Crippen LogP contribution in [0.4, 0.5) is 0 Å². The predicted molar refractivity (Wildman–Crippen MR) is 355 cm³/mol. The second-order valence-corrected chi connectivity index (χ2v) is 21.7. The highest BCUT2D eigenvalue weighted by molar-refractivity contribution is 6.27. The van der Waals surface area contributed by atoms with E-state index in [1.807, 2.05) is 0 Å². The van der Waals surface area contributed by atoms with E-state index < -0.39 is 0 Å². The molecule has 17 rings (SSSR count). The molecular weight excluding hydrogens is 1000 g/mol. The summed E-state index contributed by atoms with van der Waals surface area (Å²) in [6, 6.07) is 114. The highest BCUT2D eigenvalue weighted by Gasteiger charge is 2.22. The van der Waals surface area contributed by atoms with Gasteiger partial charge in [0.15, 0.2) is 0 Å². The molecular formula is C82H52O. The molecule has 1 nitrogen and oxygen atoms in total. The van der Waals surface area contributed by atoms with Gasteiger partial charge in [-0.05, 0) is 167 Å². The Morgan fingerprint density at radius 1 is 0.181 bits per heavy atom. The van der Waals surface area contributed by atoms with E-state index in [0.29, 0.717) is 0 Å². The van der Waals surface area contributed by atoms with Crippen LogP contribution in [0.1, 0.15) is 0 Å². The number of hydrogen-bond donors (Lipinski definition) is 0. The molecule has 0 radical (unpaired) electrons. The molecule has 1 heterocycles. The van der Waals surface area contributed by atoms with Gasteiger partial charge in [-0.15, -0.1) is 0 Å². The Labute approximate surface area is 481 Å². The molecule has 0 aliphatic carbocycles. The zero-order valence-electron chi connectivity index (χ0n) is 45.4. The number of rotatable bonds is 6. The topological polar surface area (TPSA) is 13.1 Å². The Morgan fingerprint density at radius 2 is 0.566 bits per heavy atom. The molecule has 1 heteroatoms. The Bertz CT molecular complexity index is 5270. The molecule has 0 amide bonds. The zero-order chi connectivity index (χ0) is 54.8. The largest absolute Gasteiger partial charge is 0.455 e.